The molecule has 134 valence electrons. The first kappa shape index (κ1) is 20.9. The Morgan fingerprint density at radius 2 is 1.96 bits per heavy atom. The third-order valence-electron chi connectivity index (χ3n) is 4.02. The molecule has 2 heterocycles. The number of aromatic amines is 1. The van der Waals surface area contributed by atoms with Crippen LogP contribution in [0.15, 0.2) is 23.5 Å². The first-order valence-electron chi connectivity index (χ1n) is 7.59. The molecule has 7 nitrogen and oxygen atoms in total. The van der Waals surface area contributed by atoms with E-state index in [1.165, 1.54) is 7.11 Å². The van der Waals surface area contributed by atoms with Crippen molar-refractivity contribution in [1.29, 1.82) is 0 Å². The molecule has 0 saturated carbocycles. The Balaban J connectivity index is 0.00000243. The molecular weight excluding hydrogens is 365 g/mol. The number of aryl methyl sites for hydroxylation is 1. The molecule has 2 N–H and O–H groups in total. The van der Waals surface area contributed by atoms with Gasteiger partial charge in [-0.25, -0.2) is 0 Å². The van der Waals surface area contributed by atoms with Crippen molar-refractivity contribution >= 4 is 51.8 Å². The fourth-order valence-corrected chi connectivity index (χ4v) is 3.79. The molecular formula is C17H20N3NaO4S. The molecule has 2 aromatic heterocycles. The number of methoxy groups -OCH3 is 2. The molecule has 1 unspecified atom stereocenters. The second-order valence-corrected chi connectivity index (χ2v) is 6.96. The van der Waals surface area contributed by atoms with Crippen molar-refractivity contribution in [3.63, 3.8) is 0 Å². The van der Waals surface area contributed by atoms with Crippen LogP contribution in [0.4, 0.5) is 0 Å². The summed E-state index contributed by atoms with van der Waals surface area (Å²) in [7, 11) is 3.07. The van der Waals surface area contributed by atoms with Gasteiger partial charge in [0.1, 0.15) is 11.3 Å². The van der Waals surface area contributed by atoms with Gasteiger partial charge in [-0.2, -0.15) is 4.98 Å². The van der Waals surface area contributed by atoms with Gasteiger partial charge in [-0.15, -0.1) is 0 Å². The van der Waals surface area contributed by atoms with Gasteiger partial charge in [0.25, 0.3) is 0 Å². The number of H-pyrrole nitrogens is 1. The molecule has 0 aliphatic rings. The van der Waals surface area contributed by atoms with E-state index in [0.717, 1.165) is 16.9 Å². The maximum absolute atomic E-state index is 12.7. The van der Waals surface area contributed by atoms with E-state index in [1.54, 1.807) is 25.4 Å². The van der Waals surface area contributed by atoms with Crippen LogP contribution in [0.5, 0.6) is 17.2 Å². The summed E-state index contributed by atoms with van der Waals surface area (Å²) in [6.07, 6.45) is 1.70. The Kier molecular flexibility index (Phi) is 6.81. The molecule has 0 bridgehead atoms. The number of ether oxygens (including phenoxy) is 2. The minimum atomic E-state index is -1.45. The van der Waals surface area contributed by atoms with Gasteiger partial charge >= 0.3 is 34.7 Å². The molecule has 0 radical (unpaired) electrons. The molecule has 1 atom stereocenters. The zero-order chi connectivity index (χ0) is 18.1. The van der Waals surface area contributed by atoms with Gasteiger partial charge < -0.3 is 19.1 Å². The van der Waals surface area contributed by atoms with Crippen LogP contribution in [-0.2, 0) is 16.9 Å². The van der Waals surface area contributed by atoms with Crippen LogP contribution in [0, 0.1) is 13.8 Å². The molecule has 0 amide bonds. The fourth-order valence-electron chi connectivity index (χ4n) is 2.70. The number of aromatic nitrogens is 3. The van der Waals surface area contributed by atoms with Crippen molar-refractivity contribution in [2.75, 3.05) is 14.2 Å². The Bertz CT molecular complexity index is 932. The molecule has 0 aliphatic carbocycles. The summed E-state index contributed by atoms with van der Waals surface area (Å²) in [6.45, 7) is 3.80. The number of pyridine rings is 1. The summed E-state index contributed by atoms with van der Waals surface area (Å²) in [5, 5.41) is 10.4. The van der Waals surface area contributed by atoms with Crippen molar-refractivity contribution in [3.8, 4) is 17.2 Å². The standard InChI is InChI=1S/C17H19N3O4S.Na.H/c1-9-7-18-12(10(2)16(9)24-4)8-25(22)17-19-11-5-6-13(23-3)15(21)14(11)20-17;;/h5-7,21H,8H2,1-4H3,(H,19,20);;. The number of nitrogens with one attached hydrogen (secondary N) is 1. The van der Waals surface area contributed by atoms with E-state index < -0.39 is 11.2 Å². The molecule has 9 heteroatoms. The van der Waals surface area contributed by atoms with Gasteiger partial charge in [-0.1, -0.05) is 0 Å². The van der Waals surface area contributed by atoms with E-state index in [4.69, 9.17) is 9.47 Å². The van der Waals surface area contributed by atoms with E-state index in [0.29, 0.717) is 22.5 Å². The van der Waals surface area contributed by atoms with Gasteiger partial charge in [-0.05, 0) is 26.0 Å². The Morgan fingerprint density at radius 3 is 2.62 bits per heavy atom. The Morgan fingerprint density at radius 1 is 1.23 bits per heavy atom. The predicted octanol–water partition coefficient (Wildman–Crippen LogP) is 1.96. The monoisotopic (exact) mass is 385 g/mol. The van der Waals surface area contributed by atoms with E-state index in [2.05, 4.69) is 15.0 Å². The summed E-state index contributed by atoms with van der Waals surface area (Å²) in [5.74, 6) is 1.18. The molecule has 3 rings (SSSR count). The molecule has 0 aliphatic heterocycles. The van der Waals surface area contributed by atoms with E-state index in [1.807, 2.05) is 13.8 Å². The number of imidazole rings is 1. The molecule has 0 fully saturated rings. The van der Waals surface area contributed by atoms with Crippen LogP contribution in [0.2, 0.25) is 0 Å². The van der Waals surface area contributed by atoms with E-state index in [-0.39, 0.29) is 46.2 Å². The van der Waals surface area contributed by atoms with Crippen molar-refractivity contribution in [2.24, 2.45) is 0 Å². The summed E-state index contributed by atoms with van der Waals surface area (Å²) in [4.78, 5) is 11.6. The second kappa shape index (κ2) is 8.49. The first-order chi connectivity index (χ1) is 12.0. The van der Waals surface area contributed by atoms with E-state index >= 15 is 0 Å². The van der Waals surface area contributed by atoms with Gasteiger partial charge in [-0.3, -0.25) is 9.97 Å². The third-order valence-corrected chi connectivity index (χ3v) is 5.18. The number of hydrogen-bond acceptors (Lipinski definition) is 6. The van der Waals surface area contributed by atoms with Crippen LogP contribution >= 0.6 is 0 Å². The number of rotatable bonds is 5. The number of benzene rings is 1. The van der Waals surface area contributed by atoms with Crippen LogP contribution in [-0.4, -0.2) is 68.4 Å². The summed E-state index contributed by atoms with van der Waals surface area (Å²) >= 11 is -1.45. The topological polar surface area (TPSA) is 103 Å². The van der Waals surface area contributed by atoms with Gasteiger partial charge in [0, 0.05) is 28.5 Å². The van der Waals surface area contributed by atoms with Crippen molar-refractivity contribution < 1.29 is 19.1 Å². The quantitative estimate of drug-likeness (QED) is 0.514. The number of phenols is 1. The minimum absolute atomic E-state index is 0. The average molecular weight is 385 g/mol. The zero-order valence-corrected chi connectivity index (χ0v) is 15.2. The number of aromatic hydroxyl groups is 1. The van der Waals surface area contributed by atoms with Gasteiger partial charge in [0.15, 0.2) is 17.3 Å². The number of fused-ring (bicyclic) bond motifs is 1. The molecule has 1 aromatic carbocycles. The molecule has 0 spiro atoms. The molecule has 0 saturated heterocycles. The molecule has 3 aromatic rings. The Labute approximate surface area is 176 Å². The van der Waals surface area contributed by atoms with E-state index in [9.17, 15) is 9.66 Å². The maximum atomic E-state index is 12.7. The Hall–Kier alpha value is -1.45. The molecule has 26 heavy (non-hydrogen) atoms. The van der Waals surface area contributed by atoms with Crippen molar-refractivity contribution in [2.45, 2.75) is 24.8 Å². The van der Waals surface area contributed by atoms with Crippen molar-refractivity contribution in [3.05, 3.63) is 35.2 Å². The SMILES string of the molecule is COc1ccc2[nH]c([S+]([O-])Cc3ncc(C)c(OC)c3C)nc2c1O.[NaH]. The third kappa shape index (κ3) is 3.79. The van der Waals surface area contributed by atoms with Crippen LogP contribution in [0.3, 0.4) is 0 Å². The van der Waals surface area contributed by atoms with Crippen LogP contribution < -0.4 is 9.47 Å². The van der Waals surface area contributed by atoms with Crippen LogP contribution in [0.1, 0.15) is 16.8 Å². The summed E-state index contributed by atoms with van der Waals surface area (Å²) in [5.41, 5.74) is 3.39. The average Bonchev–Trinajstić information content (AvgIpc) is 3.03. The zero-order valence-electron chi connectivity index (χ0n) is 14.4. The van der Waals surface area contributed by atoms with Crippen molar-refractivity contribution in [1.82, 2.24) is 15.0 Å². The normalized spacial score (nSPS) is 11.9. The van der Waals surface area contributed by atoms with Gasteiger partial charge in [0.2, 0.25) is 0 Å². The van der Waals surface area contributed by atoms with Crippen LogP contribution in [0.25, 0.3) is 11.0 Å². The fraction of sp³-hybridized carbons (Fsp3) is 0.294. The number of nitrogens with zero attached hydrogens (tertiary/aromatic N) is 2. The number of hydrogen-bond donors (Lipinski definition) is 2. The predicted molar refractivity (Wildman–Crippen MR) is 102 cm³/mol. The second-order valence-electron chi connectivity index (χ2n) is 5.59. The first-order valence-corrected chi connectivity index (χ1v) is 8.91. The number of phenolic OH excluding ortho intramolecular Hbond substituents is 1. The summed E-state index contributed by atoms with van der Waals surface area (Å²) in [6, 6.07) is 3.35. The summed E-state index contributed by atoms with van der Waals surface area (Å²) < 4.78 is 23.2. The van der Waals surface area contributed by atoms with Gasteiger partial charge in [0.05, 0.1) is 25.4 Å².